The molecule has 0 amide bonds. The van der Waals surface area contributed by atoms with Crippen molar-refractivity contribution in [1.29, 1.82) is 0 Å². The van der Waals surface area contributed by atoms with E-state index in [1.807, 2.05) is 36.4 Å². The van der Waals surface area contributed by atoms with E-state index < -0.39 is 16.7 Å². The van der Waals surface area contributed by atoms with Crippen molar-refractivity contribution >= 4 is 17.0 Å². The fraction of sp³-hybridized carbons (Fsp3) is 0.182. The van der Waals surface area contributed by atoms with Gasteiger partial charge in [-0.1, -0.05) is 30.3 Å². The molecule has 5 nitrogen and oxygen atoms in total. The Hall–Kier alpha value is -1.66. The summed E-state index contributed by atoms with van der Waals surface area (Å²) in [5.74, 6) is 0.657. The monoisotopic (exact) mass is 246 g/mol. The molecule has 0 saturated heterocycles. The van der Waals surface area contributed by atoms with Gasteiger partial charge in [-0.15, -0.1) is 10.2 Å². The normalized spacial score (nSPS) is 19.3. The van der Waals surface area contributed by atoms with Gasteiger partial charge in [-0.2, -0.15) is 9.78 Å². The average molecular weight is 246 g/mol. The van der Waals surface area contributed by atoms with Crippen molar-refractivity contribution in [3.8, 4) is 11.3 Å². The third-order valence-corrected chi connectivity index (χ3v) is 3.44. The summed E-state index contributed by atoms with van der Waals surface area (Å²) >= 11 is -1.11. The van der Waals surface area contributed by atoms with Gasteiger partial charge in [0.05, 0.1) is 11.9 Å². The highest BCUT2D eigenvalue weighted by atomic mass is 32.2. The van der Waals surface area contributed by atoms with E-state index in [0.29, 0.717) is 5.82 Å². The largest absolute Gasteiger partial charge is 0.613 e. The molecule has 2 atom stereocenters. The second-order valence-electron chi connectivity index (χ2n) is 3.74. The fourth-order valence-electron chi connectivity index (χ4n) is 1.74. The SMILES string of the molecule is C[S+]([O-])C1N=Nc2cc(-c3ccccc3)nn21. The maximum absolute atomic E-state index is 11.5. The Morgan fingerprint density at radius 2 is 2.06 bits per heavy atom. The summed E-state index contributed by atoms with van der Waals surface area (Å²) in [6.45, 7) is 0. The quantitative estimate of drug-likeness (QED) is 0.764. The molecule has 0 spiro atoms. The first-order valence-corrected chi connectivity index (χ1v) is 6.76. The Morgan fingerprint density at radius 3 is 2.76 bits per heavy atom. The van der Waals surface area contributed by atoms with Gasteiger partial charge in [0.25, 0.3) is 0 Å². The molecule has 0 N–H and O–H groups in total. The highest BCUT2D eigenvalue weighted by Crippen LogP contribution is 2.34. The maximum atomic E-state index is 11.5. The Bertz CT molecular complexity index is 564. The molecule has 1 aromatic carbocycles. The van der Waals surface area contributed by atoms with Crippen molar-refractivity contribution in [2.24, 2.45) is 10.2 Å². The second-order valence-corrected chi connectivity index (χ2v) is 5.16. The van der Waals surface area contributed by atoms with Crippen LogP contribution in [0.1, 0.15) is 5.50 Å². The van der Waals surface area contributed by atoms with Crippen LogP contribution in [-0.2, 0) is 11.2 Å². The molecule has 6 heteroatoms. The molecule has 1 aromatic heterocycles. The van der Waals surface area contributed by atoms with E-state index in [-0.39, 0.29) is 0 Å². The first-order valence-electron chi connectivity index (χ1n) is 5.14. The highest BCUT2D eigenvalue weighted by Gasteiger charge is 2.29. The molecule has 3 rings (SSSR count). The number of hydrogen-bond donors (Lipinski definition) is 0. The Morgan fingerprint density at radius 1 is 1.29 bits per heavy atom. The maximum Gasteiger partial charge on any atom is 0.322 e. The van der Waals surface area contributed by atoms with Crippen molar-refractivity contribution in [2.45, 2.75) is 5.50 Å². The van der Waals surface area contributed by atoms with Crippen LogP contribution in [-0.4, -0.2) is 20.6 Å². The summed E-state index contributed by atoms with van der Waals surface area (Å²) in [7, 11) is 0. The van der Waals surface area contributed by atoms with Crippen LogP contribution in [0.15, 0.2) is 46.6 Å². The van der Waals surface area contributed by atoms with E-state index in [1.54, 1.807) is 10.9 Å². The summed E-state index contributed by atoms with van der Waals surface area (Å²) in [6, 6.07) is 11.7. The molecule has 0 aliphatic carbocycles. The summed E-state index contributed by atoms with van der Waals surface area (Å²) < 4.78 is 13.1. The van der Waals surface area contributed by atoms with Gasteiger partial charge in [0.1, 0.15) is 0 Å². The zero-order chi connectivity index (χ0) is 11.8. The predicted molar refractivity (Wildman–Crippen MR) is 65.3 cm³/mol. The number of nitrogens with zero attached hydrogens (tertiary/aromatic N) is 4. The van der Waals surface area contributed by atoms with Crippen LogP contribution >= 0.6 is 0 Å². The molecule has 86 valence electrons. The van der Waals surface area contributed by atoms with Gasteiger partial charge in [-0.05, 0) is 11.2 Å². The van der Waals surface area contributed by atoms with Crippen LogP contribution in [0, 0.1) is 0 Å². The minimum absolute atomic E-state index is 0.484. The number of rotatable bonds is 2. The average Bonchev–Trinajstić information content (AvgIpc) is 2.88. The lowest BCUT2D eigenvalue weighted by Crippen LogP contribution is -2.14. The highest BCUT2D eigenvalue weighted by molar-refractivity contribution is 7.90. The molecule has 1 aliphatic heterocycles. The smallest absolute Gasteiger partial charge is 0.322 e. The topological polar surface area (TPSA) is 65.6 Å². The van der Waals surface area contributed by atoms with Crippen LogP contribution in [0.4, 0.5) is 5.82 Å². The van der Waals surface area contributed by atoms with Crippen LogP contribution < -0.4 is 0 Å². The van der Waals surface area contributed by atoms with E-state index in [9.17, 15) is 4.55 Å². The van der Waals surface area contributed by atoms with Gasteiger partial charge in [-0.25, -0.2) is 0 Å². The van der Waals surface area contributed by atoms with Crippen molar-refractivity contribution in [2.75, 3.05) is 6.26 Å². The molecule has 0 fully saturated rings. The van der Waals surface area contributed by atoms with Crippen molar-refractivity contribution in [3.63, 3.8) is 0 Å². The second kappa shape index (κ2) is 3.97. The number of aromatic nitrogens is 2. The summed E-state index contributed by atoms with van der Waals surface area (Å²) in [6.07, 6.45) is 1.60. The Balaban J connectivity index is 2.02. The molecular weight excluding hydrogens is 236 g/mol. The number of azo groups is 1. The van der Waals surface area contributed by atoms with Crippen molar-refractivity contribution in [1.82, 2.24) is 9.78 Å². The third kappa shape index (κ3) is 1.75. The van der Waals surface area contributed by atoms with E-state index >= 15 is 0 Å². The Kier molecular flexibility index (Phi) is 2.45. The van der Waals surface area contributed by atoms with Gasteiger partial charge in [0, 0.05) is 11.6 Å². The molecule has 17 heavy (non-hydrogen) atoms. The molecule has 2 unspecified atom stereocenters. The van der Waals surface area contributed by atoms with Gasteiger partial charge in [0.15, 0.2) is 5.82 Å². The third-order valence-electron chi connectivity index (χ3n) is 2.55. The first-order chi connectivity index (χ1) is 8.25. The minimum atomic E-state index is -1.11. The van der Waals surface area contributed by atoms with Gasteiger partial charge < -0.3 is 4.55 Å². The molecule has 0 bridgehead atoms. The first kappa shape index (κ1) is 10.5. The van der Waals surface area contributed by atoms with Gasteiger partial charge in [-0.3, -0.25) is 0 Å². The van der Waals surface area contributed by atoms with Crippen LogP contribution in [0.3, 0.4) is 0 Å². The lowest BCUT2D eigenvalue weighted by Gasteiger charge is -2.09. The fourth-order valence-corrected chi connectivity index (χ4v) is 2.35. The summed E-state index contributed by atoms with van der Waals surface area (Å²) in [4.78, 5) is 0. The van der Waals surface area contributed by atoms with E-state index in [4.69, 9.17) is 0 Å². The zero-order valence-corrected chi connectivity index (χ0v) is 9.96. The molecule has 2 heterocycles. The van der Waals surface area contributed by atoms with E-state index in [0.717, 1.165) is 11.3 Å². The lowest BCUT2D eigenvalue weighted by molar-refractivity contribution is 0.547. The van der Waals surface area contributed by atoms with Gasteiger partial charge >= 0.3 is 5.50 Å². The molecule has 0 saturated carbocycles. The molecular formula is C11H10N4OS. The number of benzene rings is 1. The molecule has 0 radical (unpaired) electrons. The minimum Gasteiger partial charge on any atom is -0.613 e. The van der Waals surface area contributed by atoms with Gasteiger partial charge in [0.2, 0.25) is 0 Å². The number of hydrogen-bond acceptors (Lipinski definition) is 4. The Labute approximate surface area is 101 Å². The van der Waals surface area contributed by atoms with E-state index in [2.05, 4.69) is 15.3 Å². The molecule has 1 aliphatic rings. The molecule has 2 aromatic rings. The number of fused-ring (bicyclic) bond motifs is 1. The lowest BCUT2D eigenvalue weighted by atomic mass is 10.2. The standard InChI is InChI=1S/C11H10N4OS/c1-17(16)11-13-12-10-7-9(14-15(10)11)8-5-3-2-4-6-8/h2-7,11H,1H3. The van der Waals surface area contributed by atoms with Crippen molar-refractivity contribution in [3.05, 3.63) is 36.4 Å². The summed E-state index contributed by atoms with van der Waals surface area (Å²) in [5, 5.41) is 12.3. The van der Waals surface area contributed by atoms with Crippen LogP contribution in [0.2, 0.25) is 0 Å². The summed E-state index contributed by atoms with van der Waals surface area (Å²) in [5.41, 5.74) is 1.36. The van der Waals surface area contributed by atoms with Crippen LogP contribution in [0.25, 0.3) is 11.3 Å². The van der Waals surface area contributed by atoms with E-state index in [1.165, 1.54) is 0 Å². The predicted octanol–water partition coefficient (Wildman–Crippen LogP) is 2.48. The van der Waals surface area contributed by atoms with Crippen LogP contribution in [0.5, 0.6) is 0 Å². The zero-order valence-electron chi connectivity index (χ0n) is 9.15. The van der Waals surface area contributed by atoms with Crippen molar-refractivity contribution < 1.29 is 4.55 Å².